The number of nitrogens with one attached hydrogen (secondary N) is 1. The molecule has 3 nitrogen and oxygen atoms in total. The fraction of sp³-hybridized carbons (Fsp3) is 0.500. The Morgan fingerprint density at radius 1 is 1.43 bits per heavy atom. The molecule has 1 aromatic rings. The van der Waals surface area contributed by atoms with Crippen molar-refractivity contribution in [3.8, 4) is 5.75 Å². The minimum Gasteiger partial charge on any atom is -0.494 e. The van der Waals surface area contributed by atoms with Gasteiger partial charge in [-0.2, -0.15) is 0 Å². The van der Waals surface area contributed by atoms with E-state index in [9.17, 15) is 4.79 Å². The molecule has 0 fully saturated rings. The lowest BCUT2D eigenvalue weighted by Gasteiger charge is -2.10. The average Bonchev–Trinajstić information content (AvgIpc) is 2.99. The van der Waals surface area contributed by atoms with E-state index in [2.05, 4.69) is 24.4 Å². The number of allylic oxidation sites excluding steroid dienone is 2. The molecule has 21 heavy (non-hydrogen) atoms. The van der Waals surface area contributed by atoms with Crippen molar-refractivity contribution in [1.29, 1.82) is 0 Å². The highest BCUT2D eigenvalue weighted by Crippen LogP contribution is 2.20. The predicted molar refractivity (Wildman–Crippen MR) is 85.2 cm³/mol. The zero-order valence-corrected chi connectivity index (χ0v) is 12.8. The van der Waals surface area contributed by atoms with E-state index in [1.165, 1.54) is 0 Å². The van der Waals surface area contributed by atoms with Crippen LogP contribution in [-0.4, -0.2) is 12.5 Å². The van der Waals surface area contributed by atoms with E-state index in [0.717, 1.165) is 43.6 Å². The first kappa shape index (κ1) is 15.6. The van der Waals surface area contributed by atoms with Crippen LogP contribution in [-0.2, 0) is 11.3 Å². The van der Waals surface area contributed by atoms with Gasteiger partial charge in [0.05, 0.1) is 6.61 Å². The molecule has 0 heterocycles. The molecule has 1 atom stereocenters. The summed E-state index contributed by atoms with van der Waals surface area (Å²) in [6.07, 6.45) is 9.32. The Bertz CT molecular complexity index is 482. The van der Waals surface area contributed by atoms with Crippen LogP contribution in [0, 0.1) is 5.92 Å². The van der Waals surface area contributed by atoms with Crippen LogP contribution >= 0.6 is 0 Å². The van der Waals surface area contributed by atoms with Crippen molar-refractivity contribution in [1.82, 2.24) is 5.32 Å². The summed E-state index contributed by atoms with van der Waals surface area (Å²) in [4.78, 5) is 11.9. The number of hydrogen-bond donors (Lipinski definition) is 1. The zero-order valence-electron chi connectivity index (χ0n) is 12.8. The maximum Gasteiger partial charge on any atom is 0.220 e. The van der Waals surface area contributed by atoms with E-state index in [1.54, 1.807) is 0 Å². The molecule has 1 aliphatic carbocycles. The van der Waals surface area contributed by atoms with E-state index in [-0.39, 0.29) is 5.91 Å². The highest BCUT2D eigenvalue weighted by atomic mass is 16.5. The summed E-state index contributed by atoms with van der Waals surface area (Å²) >= 11 is 0. The third-order valence-corrected chi connectivity index (χ3v) is 3.71. The molecule has 0 spiro atoms. The van der Waals surface area contributed by atoms with Crippen molar-refractivity contribution in [3.05, 3.63) is 42.0 Å². The van der Waals surface area contributed by atoms with Gasteiger partial charge in [0.25, 0.3) is 0 Å². The normalized spacial score (nSPS) is 16.9. The van der Waals surface area contributed by atoms with Crippen LogP contribution in [0.4, 0.5) is 0 Å². The smallest absolute Gasteiger partial charge is 0.220 e. The number of rotatable bonds is 8. The first-order valence-corrected chi connectivity index (χ1v) is 7.93. The molecular formula is C18H25NO2. The van der Waals surface area contributed by atoms with Gasteiger partial charge in [0.1, 0.15) is 5.75 Å². The molecule has 3 heteroatoms. The molecular weight excluding hydrogens is 262 g/mol. The Morgan fingerprint density at radius 3 is 3.10 bits per heavy atom. The summed E-state index contributed by atoms with van der Waals surface area (Å²) in [5.41, 5.74) is 1.08. The van der Waals surface area contributed by atoms with E-state index in [4.69, 9.17) is 4.74 Å². The van der Waals surface area contributed by atoms with Gasteiger partial charge in [0.2, 0.25) is 5.91 Å². The Labute approximate surface area is 127 Å². The van der Waals surface area contributed by atoms with Crippen molar-refractivity contribution in [2.45, 2.75) is 45.6 Å². The van der Waals surface area contributed by atoms with Crippen LogP contribution in [0.3, 0.4) is 0 Å². The number of carbonyl (C=O) groups is 1. The minimum absolute atomic E-state index is 0.129. The van der Waals surface area contributed by atoms with Gasteiger partial charge in [-0.3, -0.25) is 4.79 Å². The molecule has 0 unspecified atom stereocenters. The molecule has 0 aliphatic heterocycles. The van der Waals surface area contributed by atoms with Crippen molar-refractivity contribution < 1.29 is 9.53 Å². The summed E-state index contributed by atoms with van der Waals surface area (Å²) in [5.74, 6) is 1.44. The van der Waals surface area contributed by atoms with Gasteiger partial charge in [-0.05, 0) is 42.9 Å². The topological polar surface area (TPSA) is 38.3 Å². The third kappa shape index (κ3) is 5.62. The first-order valence-electron chi connectivity index (χ1n) is 7.93. The molecule has 0 saturated carbocycles. The second-order valence-electron chi connectivity index (χ2n) is 5.60. The Morgan fingerprint density at radius 2 is 2.33 bits per heavy atom. The molecule has 0 saturated heterocycles. The van der Waals surface area contributed by atoms with Gasteiger partial charge in [0.15, 0.2) is 0 Å². The summed E-state index contributed by atoms with van der Waals surface area (Å²) in [7, 11) is 0. The zero-order chi connectivity index (χ0) is 14.9. The van der Waals surface area contributed by atoms with Gasteiger partial charge in [-0.1, -0.05) is 37.6 Å². The van der Waals surface area contributed by atoms with E-state index < -0.39 is 0 Å². The number of ether oxygens (including phenoxy) is 1. The molecule has 0 bridgehead atoms. The quantitative estimate of drug-likeness (QED) is 0.583. The summed E-state index contributed by atoms with van der Waals surface area (Å²) in [6.45, 7) is 3.47. The molecule has 1 N–H and O–H groups in total. The Kier molecular flexibility index (Phi) is 6.32. The molecule has 1 aromatic carbocycles. The fourth-order valence-electron chi connectivity index (χ4n) is 2.46. The van der Waals surface area contributed by atoms with Crippen LogP contribution in [0.1, 0.15) is 44.6 Å². The third-order valence-electron chi connectivity index (χ3n) is 3.71. The number of unbranched alkanes of at least 4 members (excludes halogenated alkanes) is 1. The lowest BCUT2D eigenvalue weighted by atomic mass is 10.1. The van der Waals surface area contributed by atoms with Crippen LogP contribution < -0.4 is 10.1 Å². The lowest BCUT2D eigenvalue weighted by molar-refractivity contribution is -0.121. The van der Waals surface area contributed by atoms with Crippen molar-refractivity contribution in [3.63, 3.8) is 0 Å². The summed E-state index contributed by atoms with van der Waals surface area (Å²) in [6, 6.07) is 7.96. The molecule has 114 valence electrons. The maximum atomic E-state index is 11.9. The van der Waals surface area contributed by atoms with Gasteiger partial charge >= 0.3 is 0 Å². The number of amides is 1. The van der Waals surface area contributed by atoms with E-state index >= 15 is 0 Å². The molecule has 0 aromatic heterocycles. The summed E-state index contributed by atoms with van der Waals surface area (Å²) < 4.78 is 5.68. The van der Waals surface area contributed by atoms with E-state index in [0.29, 0.717) is 18.9 Å². The van der Waals surface area contributed by atoms with Gasteiger partial charge in [0, 0.05) is 13.0 Å². The number of benzene rings is 1. The van der Waals surface area contributed by atoms with E-state index in [1.807, 2.05) is 24.3 Å². The van der Waals surface area contributed by atoms with Crippen LogP contribution in [0.2, 0.25) is 0 Å². The SMILES string of the molecule is CCCCOc1cccc(CNC(=O)C[C@H]2C=CCC2)c1. The number of carbonyl (C=O) groups excluding carboxylic acids is 1. The van der Waals surface area contributed by atoms with Crippen molar-refractivity contribution in [2.24, 2.45) is 5.92 Å². The molecule has 0 radical (unpaired) electrons. The van der Waals surface area contributed by atoms with Crippen LogP contribution in [0.5, 0.6) is 5.75 Å². The predicted octanol–water partition coefficient (Wildman–Crippen LogP) is 3.84. The maximum absolute atomic E-state index is 11.9. The monoisotopic (exact) mass is 287 g/mol. The van der Waals surface area contributed by atoms with Gasteiger partial charge in [-0.15, -0.1) is 0 Å². The first-order chi connectivity index (χ1) is 10.3. The van der Waals surface area contributed by atoms with Gasteiger partial charge < -0.3 is 10.1 Å². The second kappa shape index (κ2) is 8.50. The largest absolute Gasteiger partial charge is 0.494 e. The lowest BCUT2D eigenvalue weighted by Crippen LogP contribution is -2.24. The highest BCUT2D eigenvalue weighted by Gasteiger charge is 2.13. The summed E-state index contributed by atoms with van der Waals surface area (Å²) in [5, 5.41) is 2.99. The second-order valence-corrected chi connectivity index (χ2v) is 5.60. The fourth-order valence-corrected chi connectivity index (χ4v) is 2.46. The van der Waals surface area contributed by atoms with Gasteiger partial charge in [-0.25, -0.2) is 0 Å². The molecule has 2 rings (SSSR count). The Hall–Kier alpha value is -1.77. The Balaban J connectivity index is 1.75. The minimum atomic E-state index is 0.129. The average molecular weight is 287 g/mol. The number of hydrogen-bond acceptors (Lipinski definition) is 2. The molecule has 1 amide bonds. The highest BCUT2D eigenvalue weighted by molar-refractivity contribution is 5.76. The van der Waals surface area contributed by atoms with Crippen molar-refractivity contribution in [2.75, 3.05) is 6.61 Å². The van der Waals surface area contributed by atoms with Crippen LogP contribution in [0.15, 0.2) is 36.4 Å². The molecule has 1 aliphatic rings. The van der Waals surface area contributed by atoms with Crippen molar-refractivity contribution >= 4 is 5.91 Å². The van der Waals surface area contributed by atoms with Crippen LogP contribution in [0.25, 0.3) is 0 Å². The standard InChI is InChI=1S/C18H25NO2/c1-2-3-11-21-17-10-6-9-16(12-17)14-19-18(20)13-15-7-4-5-8-15/h4,6-7,9-10,12,15H,2-3,5,8,11,13-14H2,1H3,(H,19,20)/t15-/m0/s1.